The molecule has 0 saturated carbocycles. The van der Waals surface area contributed by atoms with Crippen LogP contribution >= 0.6 is 0 Å². The van der Waals surface area contributed by atoms with Gasteiger partial charge in [-0.05, 0) is 13.0 Å². The summed E-state index contributed by atoms with van der Waals surface area (Å²) in [5.41, 5.74) is 1.38. The van der Waals surface area contributed by atoms with E-state index in [9.17, 15) is 9.59 Å². The van der Waals surface area contributed by atoms with E-state index >= 15 is 0 Å². The zero-order valence-electron chi connectivity index (χ0n) is 11.3. The number of amides is 2. The van der Waals surface area contributed by atoms with Crippen molar-refractivity contribution in [3.63, 3.8) is 0 Å². The summed E-state index contributed by atoms with van der Waals surface area (Å²) >= 11 is 0. The molecule has 1 aliphatic rings. The maximum Gasteiger partial charge on any atom is 0.258 e. The summed E-state index contributed by atoms with van der Waals surface area (Å²) in [4.78, 5) is 26.8. The summed E-state index contributed by atoms with van der Waals surface area (Å²) in [6.45, 7) is 4.12. The number of carbonyl (C=O) groups excluding carboxylic acids is 2. The second-order valence-electron chi connectivity index (χ2n) is 4.96. The number of furan rings is 1. The van der Waals surface area contributed by atoms with Crippen LogP contribution in [0.2, 0.25) is 0 Å². The zero-order chi connectivity index (χ0) is 14.1. The number of benzene rings is 1. The van der Waals surface area contributed by atoms with Gasteiger partial charge in [0, 0.05) is 31.6 Å². The largest absolute Gasteiger partial charge is 0.461 e. The lowest BCUT2D eigenvalue weighted by Gasteiger charge is -2.32. The van der Waals surface area contributed by atoms with Gasteiger partial charge in [-0.15, -0.1) is 0 Å². The Morgan fingerprint density at radius 2 is 1.90 bits per heavy atom. The van der Waals surface area contributed by atoms with Crippen molar-refractivity contribution in [2.75, 3.05) is 26.2 Å². The minimum absolute atomic E-state index is 0.0157. The van der Waals surface area contributed by atoms with E-state index in [1.54, 1.807) is 9.80 Å². The number of hydrogen-bond donors (Lipinski definition) is 0. The molecule has 3 rings (SSSR count). The van der Waals surface area contributed by atoms with Crippen LogP contribution in [0.25, 0.3) is 11.0 Å². The van der Waals surface area contributed by atoms with Gasteiger partial charge in [-0.3, -0.25) is 9.59 Å². The third-order valence-electron chi connectivity index (χ3n) is 3.74. The molecule has 1 aromatic carbocycles. The maximum atomic E-state index is 12.6. The monoisotopic (exact) mass is 272 g/mol. The molecule has 0 radical (unpaired) electrons. The summed E-state index contributed by atoms with van der Waals surface area (Å²) in [5.74, 6) is 0.631. The number of para-hydroxylation sites is 1. The van der Waals surface area contributed by atoms with Crippen LogP contribution in [0.15, 0.2) is 28.7 Å². The molecule has 5 nitrogen and oxygen atoms in total. The number of fused-ring (bicyclic) bond motifs is 1. The van der Waals surface area contributed by atoms with Crippen LogP contribution in [-0.4, -0.2) is 48.3 Å². The van der Waals surface area contributed by atoms with Gasteiger partial charge in [0.05, 0.1) is 5.56 Å². The fraction of sp³-hybridized carbons (Fsp3) is 0.333. The number of aryl methyl sites for hydroxylation is 1. The van der Waals surface area contributed by atoms with Crippen LogP contribution in [-0.2, 0) is 4.79 Å². The van der Waals surface area contributed by atoms with Crippen molar-refractivity contribution in [3.05, 3.63) is 35.6 Å². The SMILES string of the molecule is Cc1oc2ccccc2c1C(=O)N1CCN(C=O)CC1. The molecule has 0 N–H and O–H groups in total. The molecule has 0 atom stereocenters. The Balaban J connectivity index is 1.89. The molecule has 2 heterocycles. The van der Waals surface area contributed by atoms with Crippen molar-refractivity contribution < 1.29 is 14.0 Å². The number of hydrogen-bond acceptors (Lipinski definition) is 3. The Hall–Kier alpha value is -2.30. The average molecular weight is 272 g/mol. The molecular weight excluding hydrogens is 256 g/mol. The standard InChI is InChI=1S/C15H16N2O3/c1-11-14(12-4-2-3-5-13(12)20-11)15(19)17-8-6-16(10-18)7-9-17/h2-5,10H,6-9H2,1H3. The quantitative estimate of drug-likeness (QED) is 0.781. The Morgan fingerprint density at radius 1 is 1.20 bits per heavy atom. The van der Waals surface area contributed by atoms with E-state index in [4.69, 9.17) is 4.42 Å². The fourth-order valence-electron chi connectivity index (χ4n) is 2.62. The minimum Gasteiger partial charge on any atom is -0.461 e. The van der Waals surface area contributed by atoms with Gasteiger partial charge in [-0.1, -0.05) is 18.2 Å². The first-order valence-electron chi connectivity index (χ1n) is 6.67. The number of nitrogens with zero attached hydrogens (tertiary/aromatic N) is 2. The normalized spacial score (nSPS) is 15.7. The number of carbonyl (C=O) groups is 2. The summed E-state index contributed by atoms with van der Waals surface area (Å²) in [7, 11) is 0. The van der Waals surface area contributed by atoms with Crippen molar-refractivity contribution in [3.8, 4) is 0 Å². The molecule has 0 bridgehead atoms. The second kappa shape index (κ2) is 5.00. The Bertz CT molecular complexity index is 654. The first-order valence-corrected chi connectivity index (χ1v) is 6.67. The van der Waals surface area contributed by atoms with E-state index < -0.39 is 0 Å². The molecule has 2 amide bonds. The highest BCUT2D eigenvalue weighted by Gasteiger charge is 2.25. The Labute approximate surface area is 116 Å². The van der Waals surface area contributed by atoms with Crippen molar-refractivity contribution >= 4 is 23.3 Å². The predicted molar refractivity (Wildman–Crippen MR) is 74.5 cm³/mol. The molecule has 2 aromatic rings. The predicted octanol–water partition coefficient (Wildman–Crippen LogP) is 1.66. The smallest absolute Gasteiger partial charge is 0.258 e. The van der Waals surface area contributed by atoms with Gasteiger partial charge in [0.2, 0.25) is 6.41 Å². The van der Waals surface area contributed by atoms with Crippen LogP contribution in [0.4, 0.5) is 0 Å². The third kappa shape index (κ3) is 2.05. The molecule has 104 valence electrons. The molecule has 1 aromatic heterocycles. The molecule has 5 heteroatoms. The van der Waals surface area contributed by atoms with Gasteiger partial charge < -0.3 is 14.2 Å². The van der Waals surface area contributed by atoms with Gasteiger partial charge in [0.1, 0.15) is 11.3 Å². The van der Waals surface area contributed by atoms with E-state index in [-0.39, 0.29) is 5.91 Å². The average Bonchev–Trinajstić information content (AvgIpc) is 2.82. The highest BCUT2D eigenvalue weighted by atomic mass is 16.3. The maximum absolute atomic E-state index is 12.6. The Kier molecular flexibility index (Phi) is 3.18. The second-order valence-corrected chi connectivity index (χ2v) is 4.96. The van der Waals surface area contributed by atoms with Crippen LogP contribution < -0.4 is 0 Å². The van der Waals surface area contributed by atoms with Gasteiger partial charge in [-0.2, -0.15) is 0 Å². The van der Waals surface area contributed by atoms with E-state index in [1.165, 1.54) is 0 Å². The number of piperazine rings is 1. The molecule has 0 unspecified atom stereocenters. The minimum atomic E-state index is -0.0157. The first kappa shape index (κ1) is 12.7. The summed E-state index contributed by atoms with van der Waals surface area (Å²) in [6.07, 6.45) is 0.834. The van der Waals surface area contributed by atoms with E-state index in [2.05, 4.69) is 0 Å². The summed E-state index contributed by atoms with van der Waals surface area (Å²) in [5, 5.41) is 0.854. The highest BCUT2D eigenvalue weighted by Crippen LogP contribution is 2.26. The summed E-state index contributed by atoms with van der Waals surface area (Å²) in [6, 6.07) is 7.56. The fourth-order valence-corrected chi connectivity index (χ4v) is 2.62. The molecule has 20 heavy (non-hydrogen) atoms. The molecule has 1 fully saturated rings. The summed E-state index contributed by atoms with van der Waals surface area (Å²) < 4.78 is 5.64. The van der Waals surface area contributed by atoms with E-state index in [0.717, 1.165) is 17.4 Å². The van der Waals surface area contributed by atoms with E-state index in [0.29, 0.717) is 37.5 Å². The molecule has 1 saturated heterocycles. The van der Waals surface area contributed by atoms with Gasteiger partial charge in [-0.25, -0.2) is 0 Å². The lowest BCUT2D eigenvalue weighted by atomic mass is 10.1. The molecule has 1 aliphatic heterocycles. The lowest BCUT2D eigenvalue weighted by Crippen LogP contribution is -2.48. The van der Waals surface area contributed by atoms with Crippen molar-refractivity contribution in [1.29, 1.82) is 0 Å². The first-order chi connectivity index (χ1) is 9.70. The highest BCUT2D eigenvalue weighted by molar-refractivity contribution is 6.07. The van der Waals surface area contributed by atoms with E-state index in [1.807, 2.05) is 31.2 Å². The van der Waals surface area contributed by atoms with Crippen LogP contribution in [0.1, 0.15) is 16.1 Å². The number of rotatable bonds is 2. The van der Waals surface area contributed by atoms with Crippen molar-refractivity contribution in [2.24, 2.45) is 0 Å². The molecule has 0 aliphatic carbocycles. The van der Waals surface area contributed by atoms with Crippen molar-refractivity contribution in [2.45, 2.75) is 6.92 Å². The molecular formula is C15H16N2O3. The zero-order valence-corrected chi connectivity index (χ0v) is 11.3. The molecule has 0 spiro atoms. The van der Waals surface area contributed by atoms with Crippen LogP contribution in [0, 0.1) is 6.92 Å². The topological polar surface area (TPSA) is 53.8 Å². The van der Waals surface area contributed by atoms with Gasteiger partial charge in [0.15, 0.2) is 0 Å². The van der Waals surface area contributed by atoms with Crippen molar-refractivity contribution in [1.82, 2.24) is 9.80 Å². The van der Waals surface area contributed by atoms with Crippen LogP contribution in [0.5, 0.6) is 0 Å². The Morgan fingerprint density at radius 3 is 2.60 bits per heavy atom. The third-order valence-corrected chi connectivity index (χ3v) is 3.74. The van der Waals surface area contributed by atoms with Gasteiger partial charge >= 0.3 is 0 Å². The lowest BCUT2D eigenvalue weighted by molar-refractivity contribution is -0.119. The van der Waals surface area contributed by atoms with Crippen LogP contribution in [0.3, 0.4) is 0 Å². The van der Waals surface area contributed by atoms with Gasteiger partial charge in [0.25, 0.3) is 5.91 Å².